The minimum absolute atomic E-state index is 0.546. The minimum Gasteiger partial charge on any atom is -0.453 e. The average Bonchev–Trinajstić information content (AvgIpc) is 2.75. The number of benzene rings is 4. The summed E-state index contributed by atoms with van der Waals surface area (Å²) < 4.78 is 6.40. The summed E-state index contributed by atoms with van der Waals surface area (Å²) in [6.45, 7) is 3.15. The molecule has 0 amide bonds. The van der Waals surface area contributed by atoms with Crippen LogP contribution >= 0.6 is 34.8 Å². The van der Waals surface area contributed by atoms with Crippen molar-refractivity contribution in [3.05, 3.63) is 69.7 Å². The molecule has 158 valence electrons. The van der Waals surface area contributed by atoms with Crippen molar-refractivity contribution in [3.8, 4) is 11.5 Å². The van der Waals surface area contributed by atoms with Crippen LogP contribution in [0.1, 0.15) is 32.6 Å². The Hall–Kier alpha value is -2.13. The van der Waals surface area contributed by atoms with E-state index in [2.05, 4.69) is 36.1 Å². The first kappa shape index (κ1) is 20.8. The van der Waals surface area contributed by atoms with Gasteiger partial charge in [0.05, 0.1) is 21.4 Å². The summed E-state index contributed by atoms with van der Waals surface area (Å²) in [7, 11) is 0. The molecule has 4 aromatic carbocycles. The molecule has 0 aliphatic carbocycles. The van der Waals surface area contributed by atoms with Crippen LogP contribution in [0.2, 0.25) is 15.1 Å². The SMILES string of the molecule is CCCCCCN1c2cc3cc(Cl)ccc3cc2Oc2cc3cc(Cl)c(Cl)cc3cc21. The number of anilines is 2. The highest BCUT2D eigenvalue weighted by Gasteiger charge is 2.25. The third-order valence-electron chi connectivity index (χ3n) is 5.87. The lowest BCUT2D eigenvalue weighted by molar-refractivity contribution is 0.473. The summed E-state index contributed by atoms with van der Waals surface area (Å²) in [6, 6.07) is 18.2. The second kappa shape index (κ2) is 8.43. The second-order valence-corrected chi connectivity index (χ2v) is 9.31. The number of unbranched alkanes of at least 4 members (excludes halogenated alkanes) is 3. The maximum Gasteiger partial charge on any atom is 0.151 e. The topological polar surface area (TPSA) is 12.5 Å². The van der Waals surface area contributed by atoms with Crippen molar-refractivity contribution >= 4 is 67.7 Å². The Balaban J connectivity index is 1.66. The third kappa shape index (κ3) is 3.93. The number of nitrogens with zero attached hydrogens (tertiary/aromatic N) is 1. The molecule has 0 unspecified atom stereocenters. The van der Waals surface area contributed by atoms with Crippen molar-refractivity contribution < 1.29 is 4.74 Å². The van der Waals surface area contributed by atoms with E-state index in [4.69, 9.17) is 39.5 Å². The molecule has 0 N–H and O–H groups in total. The molecule has 2 nitrogen and oxygen atoms in total. The van der Waals surface area contributed by atoms with Gasteiger partial charge < -0.3 is 9.64 Å². The largest absolute Gasteiger partial charge is 0.453 e. The average molecular weight is 471 g/mol. The third-order valence-corrected chi connectivity index (χ3v) is 6.83. The molecule has 0 atom stereocenters. The van der Waals surface area contributed by atoms with Gasteiger partial charge in [-0.15, -0.1) is 0 Å². The first-order chi connectivity index (χ1) is 15.0. The zero-order chi connectivity index (χ0) is 21.5. The molecule has 0 saturated heterocycles. The molecular weight excluding hydrogens is 449 g/mol. The molecule has 1 heterocycles. The molecule has 0 radical (unpaired) electrons. The lowest BCUT2D eigenvalue weighted by atomic mass is 10.0. The summed E-state index contributed by atoms with van der Waals surface area (Å²) in [5.41, 5.74) is 2.12. The van der Waals surface area contributed by atoms with Crippen LogP contribution in [0.4, 0.5) is 11.4 Å². The quantitative estimate of drug-likeness (QED) is 0.269. The number of halogens is 3. The van der Waals surface area contributed by atoms with E-state index in [1.807, 2.05) is 30.3 Å². The number of fused-ring (bicyclic) bond motifs is 4. The molecule has 1 aliphatic rings. The maximum atomic E-state index is 6.40. The Kier molecular flexibility index (Phi) is 5.64. The van der Waals surface area contributed by atoms with Gasteiger partial charge in [0.2, 0.25) is 0 Å². The van der Waals surface area contributed by atoms with Gasteiger partial charge in [0.15, 0.2) is 11.5 Å². The summed E-state index contributed by atoms with van der Waals surface area (Å²) in [4.78, 5) is 2.37. The van der Waals surface area contributed by atoms with Gasteiger partial charge in [0, 0.05) is 11.6 Å². The predicted octanol–water partition coefficient (Wildman–Crippen LogP) is 9.78. The first-order valence-corrected chi connectivity index (χ1v) is 11.8. The maximum absolute atomic E-state index is 6.40. The minimum atomic E-state index is 0.546. The highest BCUT2D eigenvalue weighted by atomic mass is 35.5. The van der Waals surface area contributed by atoms with Crippen LogP contribution in [-0.4, -0.2) is 6.54 Å². The fourth-order valence-electron chi connectivity index (χ4n) is 4.27. The summed E-state index contributed by atoms with van der Waals surface area (Å²) in [5, 5.41) is 6.10. The Bertz CT molecular complexity index is 1300. The molecular formula is C26H22Cl3NO. The van der Waals surface area contributed by atoms with Gasteiger partial charge in [-0.3, -0.25) is 0 Å². The molecule has 31 heavy (non-hydrogen) atoms. The van der Waals surface area contributed by atoms with Gasteiger partial charge >= 0.3 is 0 Å². The number of hydrogen-bond donors (Lipinski definition) is 0. The van der Waals surface area contributed by atoms with Crippen molar-refractivity contribution in [2.24, 2.45) is 0 Å². The Morgan fingerprint density at radius 3 is 1.97 bits per heavy atom. The molecule has 4 aromatic rings. The van der Waals surface area contributed by atoms with E-state index in [1.165, 1.54) is 19.3 Å². The lowest BCUT2D eigenvalue weighted by Crippen LogP contribution is -2.22. The predicted molar refractivity (Wildman–Crippen MR) is 134 cm³/mol. The van der Waals surface area contributed by atoms with E-state index in [0.717, 1.165) is 62.4 Å². The summed E-state index contributed by atoms with van der Waals surface area (Å²) in [5.74, 6) is 1.69. The van der Waals surface area contributed by atoms with E-state index >= 15 is 0 Å². The van der Waals surface area contributed by atoms with E-state index in [0.29, 0.717) is 10.0 Å². The van der Waals surface area contributed by atoms with Gasteiger partial charge in [-0.05, 0) is 76.5 Å². The van der Waals surface area contributed by atoms with Crippen LogP contribution in [-0.2, 0) is 0 Å². The molecule has 0 bridgehead atoms. The Labute approximate surface area is 197 Å². The monoisotopic (exact) mass is 469 g/mol. The smallest absolute Gasteiger partial charge is 0.151 e. The van der Waals surface area contributed by atoms with Crippen LogP contribution in [0.5, 0.6) is 11.5 Å². The van der Waals surface area contributed by atoms with Crippen LogP contribution < -0.4 is 9.64 Å². The van der Waals surface area contributed by atoms with Crippen LogP contribution in [0, 0.1) is 0 Å². The van der Waals surface area contributed by atoms with Crippen LogP contribution in [0.3, 0.4) is 0 Å². The van der Waals surface area contributed by atoms with E-state index in [9.17, 15) is 0 Å². The molecule has 5 heteroatoms. The molecule has 0 saturated carbocycles. The zero-order valence-electron chi connectivity index (χ0n) is 17.2. The Morgan fingerprint density at radius 2 is 1.29 bits per heavy atom. The van der Waals surface area contributed by atoms with Crippen molar-refractivity contribution in [3.63, 3.8) is 0 Å². The van der Waals surface area contributed by atoms with Gasteiger partial charge in [0.1, 0.15) is 0 Å². The van der Waals surface area contributed by atoms with Crippen molar-refractivity contribution in [2.45, 2.75) is 32.6 Å². The Morgan fingerprint density at radius 1 is 0.677 bits per heavy atom. The first-order valence-electron chi connectivity index (χ1n) is 10.6. The van der Waals surface area contributed by atoms with Gasteiger partial charge in [-0.2, -0.15) is 0 Å². The van der Waals surface area contributed by atoms with Crippen LogP contribution in [0.15, 0.2) is 54.6 Å². The normalized spacial score (nSPS) is 12.7. The number of ether oxygens (including phenoxy) is 1. The molecule has 1 aliphatic heterocycles. The van der Waals surface area contributed by atoms with Gasteiger partial charge in [-0.25, -0.2) is 0 Å². The second-order valence-electron chi connectivity index (χ2n) is 8.06. The van der Waals surface area contributed by atoms with Gasteiger partial charge in [-0.1, -0.05) is 67.1 Å². The number of hydrogen-bond acceptors (Lipinski definition) is 2. The number of rotatable bonds is 5. The van der Waals surface area contributed by atoms with E-state index in [-0.39, 0.29) is 0 Å². The van der Waals surface area contributed by atoms with E-state index in [1.54, 1.807) is 0 Å². The molecule has 5 rings (SSSR count). The molecule has 0 aromatic heterocycles. The highest BCUT2D eigenvalue weighted by Crippen LogP contribution is 2.50. The fourth-order valence-corrected chi connectivity index (χ4v) is 4.79. The lowest BCUT2D eigenvalue weighted by Gasteiger charge is -2.33. The summed E-state index contributed by atoms with van der Waals surface area (Å²) in [6.07, 6.45) is 4.76. The highest BCUT2D eigenvalue weighted by molar-refractivity contribution is 6.42. The molecule has 0 fully saturated rings. The summed E-state index contributed by atoms with van der Waals surface area (Å²) >= 11 is 18.8. The fraction of sp³-hybridized carbons (Fsp3) is 0.231. The molecule has 0 spiro atoms. The van der Waals surface area contributed by atoms with Crippen molar-refractivity contribution in [2.75, 3.05) is 11.4 Å². The van der Waals surface area contributed by atoms with E-state index < -0.39 is 0 Å². The van der Waals surface area contributed by atoms with Crippen molar-refractivity contribution in [1.82, 2.24) is 0 Å². The standard InChI is InChI=1S/C26H22Cl3NO/c1-2-3-4-5-8-30-23-12-17-9-20(27)7-6-16(17)14-25(23)31-26-15-19-11-22(29)21(28)10-18(19)13-24(26)30/h6-7,9-15H,2-5,8H2,1H3. The zero-order valence-corrected chi connectivity index (χ0v) is 19.5. The van der Waals surface area contributed by atoms with Crippen molar-refractivity contribution in [1.29, 1.82) is 0 Å². The van der Waals surface area contributed by atoms with Gasteiger partial charge in [0.25, 0.3) is 0 Å². The van der Waals surface area contributed by atoms with Crippen LogP contribution in [0.25, 0.3) is 21.5 Å².